The number of hydrogen-bond acceptors (Lipinski definition) is 4. The van der Waals surface area contributed by atoms with Crippen molar-refractivity contribution in [2.75, 3.05) is 12.3 Å². The summed E-state index contributed by atoms with van der Waals surface area (Å²) in [5, 5.41) is 13.2. The van der Waals surface area contributed by atoms with E-state index in [4.69, 9.17) is 11.6 Å². The monoisotopic (exact) mass is 408 g/mol. The van der Waals surface area contributed by atoms with E-state index in [9.17, 15) is 4.79 Å². The van der Waals surface area contributed by atoms with Crippen molar-refractivity contribution in [1.29, 1.82) is 0 Å². The summed E-state index contributed by atoms with van der Waals surface area (Å²) in [5.74, 6) is 1.72. The van der Waals surface area contributed by atoms with E-state index in [0.29, 0.717) is 23.2 Å². The topological polar surface area (TPSA) is 59.8 Å². The Labute approximate surface area is 171 Å². The molecule has 1 heterocycles. The maximum atomic E-state index is 12.0. The summed E-state index contributed by atoms with van der Waals surface area (Å²) in [4.78, 5) is 12.0. The number of nitrogens with zero attached hydrogens (tertiary/aromatic N) is 3. The van der Waals surface area contributed by atoms with Crippen LogP contribution < -0.4 is 5.32 Å². The molecule has 1 aromatic heterocycles. The SMILES string of the molecule is CCCC[C@@H](C)Cn1c(SCC(=O)NCCC)nnc1-c1ccc(Cl)cc1. The molecule has 27 heavy (non-hydrogen) atoms. The highest BCUT2D eigenvalue weighted by atomic mass is 35.5. The highest BCUT2D eigenvalue weighted by molar-refractivity contribution is 7.99. The molecular weight excluding hydrogens is 380 g/mol. The van der Waals surface area contributed by atoms with Crippen LogP contribution in [0.5, 0.6) is 0 Å². The van der Waals surface area contributed by atoms with Gasteiger partial charge in [0.2, 0.25) is 5.91 Å². The zero-order valence-electron chi connectivity index (χ0n) is 16.4. The van der Waals surface area contributed by atoms with Gasteiger partial charge in [-0.2, -0.15) is 0 Å². The van der Waals surface area contributed by atoms with Crippen molar-refractivity contribution >= 4 is 29.3 Å². The van der Waals surface area contributed by atoms with Gasteiger partial charge in [-0.25, -0.2) is 0 Å². The zero-order chi connectivity index (χ0) is 19.6. The Morgan fingerprint density at radius 1 is 1.22 bits per heavy atom. The number of thioether (sulfide) groups is 1. The van der Waals surface area contributed by atoms with Crippen LogP contribution in [0, 0.1) is 5.92 Å². The van der Waals surface area contributed by atoms with Gasteiger partial charge >= 0.3 is 0 Å². The second kappa shape index (κ2) is 11.3. The lowest BCUT2D eigenvalue weighted by Crippen LogP contribution is -2.25. The summed E-state index contributed by atoms with van der Waals surface area (Å²) < 4.78 is 2.14. The normalized spacial score (nSPS) is 12.1. The second-order valence-electron chi connectivity index (χ2n) is 6.81. The first-order chi connectivity index (χ1) is 13.0. The second-order valence-corrected chi connectivity index (χ2v) is 8.19. The number of unbranched alkanes of at least 4 members (excludes halogenated alkanes) is 1. The Morgan fingerprint density at radius 3 is 2.63 bits per heavy atom. The minimum atomic E-state index is 0.0310. The quantitative estimate of drug-likeness (QED) is 0.529. The molecule has 148 valence electrons. The van der Waals surface area contributed by atoms with E-state index < -0.39 is 0 Å². The standard InChI is InChI=1S/C20H29ClN4OS/c1-4-6-7-15(3)13-25-19(16-8-10-17(21)11-9-16)23-24-20(25)27-14-18(26)22-12-5-2/h8-11,15H,4-7,12-14H2,1-3H3,(H,22,26)/t15-/m1/s1. The van der Waals surface area contributed by atoms with Crippen molar-refractivity contribution in [1.82, 2.24) is 20.1 Å². The number of carbonyl (C=O) groups is 1. The predicted octanol–water partition coefficient (Wildman–Crippen LogP) is 5.04. The van der Waals surface area contributed by atoms with Gasteiger partial charge in [-0.1, -0.05) is 57.0 Å². The molecule has 2 aromatic rings. The van der Waals surface area contributed by atoms with Crippen molar-refractivity contribution in [2.45, 2.75) is 58.2 Å². The maximum Gasteiger partial charge on any atom is 0.230 e. The maximum absolute atomic E-state index is 12.0. The molecule has 0 radical (unpaired) electrons. The Hall–Kier alpha value is -1.53. The lowest BCUT2D eigenvalue weighted by molar-refractivity contribution is -0.118. The molecule has 1 amide bonds. The van der Waals surface area contributed by atoms with Crippen molar-refractivity contribution in [3.8, 4) is 11.4 Å². The lowest BCUT2D eigenvalue weighted by Gasteiger charge is -2.15. The van der Waals surface area contributed by atoms with E-state index in [1.807, 2.05) is 31.2 Å². The number of nitrogens with one attached hydrogen (secondary N) is 1. The van der Waals surface area contributed by atoms with Crippen LogP contribution in [-0.4, -0.2) is 33.0 Å². The summed E-state index contributed by atoms with van der Waals surface area (Å²) in [6, 6.07) is 7.65. The average Bonchev–Trinajstić information content (AvgIpc) is 3.06. The smallest absolute Gasteiger partial charge is 0.230 e. The van der Waals surface area contributed by atoms with Crippen LogP contribution in [0.1, 0.15) is 46.5 Å². The third-order valence-corrected chi connectivity index (χ3v) is 5.49. The minimum absolute atomic E-state index is 0.0310. The Bertz CT molecular complexity index is 717. The first-order valence-corrected chi connectivity index (χ1v) is 11.0. The van der Waals surface area contributed by atoms with E-state index in [1.165, 1.54) is 24.6 Å². The molecule has 5 nitrogen and oxygen atoms in total. The molecular formula is C20H29ClN4OS. The minimum Gasteiger partial charge on any atom is -0.355 e. The molecule has 0 aliphatic heterocycles. The van der Waals surface area contributed by atoms with Gasteiger partial charge in [0.15, 0.2) is 11.0 Å². The summed E-state index contributed by atoms with van der Waals surface area (Å²) in [6.07, 6.45) is 4.50. The van der Waals surface area contributed by atoms with Crippen LogP contribution in [-0.2, 0) is 11.3 Å². The molecule has 1 aromatic carbocycles. The van der Waals surface area contributed by atoms with Crippen LogP contribution in [0.25, 0.3) is 11.4 Å². The molecule has 0 spiro atoms. The number of hydrogen-bond donors (Lipinski definition) is 1. The lowest BCUT2D eigenvalue weighted by atomic mass is 10.0. The van der Waals surface area contributed by atoms with Crippen molar-refractivity contribution in [3.05, 3.63) is 29.3 Å². The zero-order valence-corrected chi connectivity index (χ0v) is 17.9. The third kappa shape index (κ3) is 6.85. The van der Waals surface area contributed by atoms with Gasteiger partial charge in [0.05, 0.1) is 5.75 Å². The fourth-order valence-corrected chi connectivity index (χ4v) is 3.68. The Morgan fingerprint density at radius 2 is 1.96 bits per heavy atom. The first-order valence-electron chi connectivity index (χ1n) is 9.63. The Balaban J connectivity index is 2.19. The molecule has 1 atom stereocenters. The van der Waals surface area contributed by atoms with Gasteiger partial charge < -0.3 is 9.88 Å². The number of amides is 1. The number of benzene rings is 1. The summed E-state index contributed by atoms with van der Waals surface area (Å²) in [7, 11) is 0. The highest BCUT2D eigenvalue weighted by Gasteiger charge is 2.17. The molecule has 0 saturated carbocycles. The molecule has 7 heteroatoms. The largest absolute Gasteiger partial charge is 0.355 e. The molecule has 0 bridgehead atoms. The van der Waals surface area contributed by atoms with Crippen molar-refractivity contribution in [2.24, 2.45) is 5.92 Å². The summed E-state index contributed by atoms with van der Waals surface area (Å²) >= 11 is 7.46. The predicted molar refractivity (Wildman–Crippen MR) is 113 cm³/mol. The van der Waals surface area contributed by atoms with Crippen LogP contribution in [0.2, 0.25) is 5.02 Å². The van der Waals surface area contributed by atoms with Crippen LogP contribution in [0.4, 0.5) is 0 Å². The van der Waals surface area contributed by atoms with Crippen molar-refractivity contribution < 1.29 is 4.79 Å². The van der Waals surface area contributed by atoms with E-state index in [-0.39, 0.29) is 5.91 Å². The van der Waals surface area contributed by atoms with Crippen molar-refractivity contribution in [3.63, 3.8) is 0 Å². The van der Waals surface area contributed by atoms with E-state index in [2.05, 4.69) is 33.9 Å². The summed E-state index contributed by atoms with van der Waals surface area (Å²) in [6.45, 7) is 8.05. The molecule has 0 aliphatic rings. The van der Waals surface area contributed by atoms with E-state index in [1.54, 1.807) is 0 Å². The van der Waals surface area contributed by atoms with Gasteiger partial charge in [0.25, 0.3) is 0 Å². The van der Waals surface area contributed by atoms with E-state index in [0.717, 1.165) is 35.9 Å². The molecule has 2 rings (SSSR count). The highest BCUT2D eigenvalue weighted by Crippen LogP contribution is 2.27. The molecule has 0 saturated heterocycles. The Kier molecular flexibility index (Phi) is 9.15. The summed E-state index contributed by atoms with van der Waals surface area (Å²) in [5.41, 5.74) is 0.983. The number of halogens is 1. The molecule has 0 unspecified atom stereocenters. The fraction of sp³-hybridized carbons (Fsp3) is 0.550. The van der Waals surface area contributed by atoms with Gasteiger partial charge in [-0.05, 0) is 43.0 Å². The first kappa shape index (κ1) is 21.8. The van der Waals surface area contributed by atoms with Gasteiger partial charge in [0, 0.05) is 23.7 Å². The van der Waals surface area contributed by atoms with Gasteiger partial charge in [-0.15, -0.1) is 10.2 Å². The van der Waals surface area contributed by atoms with Crippen LogP contribution >= 0.6 is 23.4 Å². The third-order valence-electron chi connectivity index (χ3n) is 4.27. The molecule has 1 N–H and O–H groups in total. The van der Waals surface area contributed by atoms with Gasteiger partial charge in [0.1, 0.15) is 0 Å². The number of rotatable bonds is 11. The fourth-order valence-electron chi connectivity index (χ4n) is 2.77. The van der Waals surface area contributed by atoms with Gasteiger partial charge in [-0.3, -0.25) is 4.79 Å². The number of aromatic nitrogens is 3. The average molecular weight is 409 g/mol. The van der Waals surface area contributed by atoms with E-state index >= 15 is 0 Å². The number of carbonyl (C=O) groups excluding carboxylic acids is 1. The molecule has 0 fully saturated rings. The van der Waals surface area contributed by atoms with Crippen LogP contribution in [0.15, 0.2) is 29.4 Å². The molecule has 0 aliphatic carbocycles. The van der Waals surface area contributed by atoms with Crippen LogP contribution in [0.3, 0.4) is 0 Å².